The van der Waals surface area contributed by atoms with Gasteiger partial charge in [0.1, 0.15) is 0 Å². The van der Waals surface area contributed by atoms with Gasteiger partial charge in [-0.1, -0.05) is 36.4 Å². The van der Waals surface area contributed by atoms with Gasteiger partial charge in [0.2, 0.25) is 0 Å². The Balaban J connectivity index is 1.87. The summed E-state index contributed by atoms with van der Waals surface area (Å²) in [7, 11) is 1.49. The number of fused-ring (bicyclic) bond motifs is 1. The number of imide groups is 1. The molecule has 1 aliphatic rings. The van der Waals surface area contributed by atoms with Crippen molar-refractivity contribution in [1.82, 2.24) is 9.47 Å². The van der Waals surface area contributed by atoms with Crippen molar-refractivity contribution in [2.75, 3.05) is 7.05 Å². The largest absolute Gasteiger partial charge is 0.340 e. The first-order valence-electron chi connectivity index (χ1n) is 8.78. The molecular weight excluding hydrogens is 370 g/mol. The second-order valence-electron chi connectivity index (χ2n) is 6.61. The zero-order valence-corrected chi connectivity index (χ0v) is 16.3. The molecule has 2 aromatic carbocycles. The molecule has 1 fully saturated rings. The lowest BCUT2D eigenvalue weighted by Gasteiger charge is -2.10. The van der Waals surface area contributed by atoms with Gasteiger partial charge in [-0.15, -0.1) is 0 Å². The molecule has 0 atom stereocenters. The summed E-state index contributed by atoms with van der Waals surface area (Å²) >= 11 is 0.959. The highest BCUT2D eigenvalue weighted by Gasteiger charge is 2.32. The van der Waals surface area contributed by atoms with Crippen LogP contribution in [0.4, 0.5) is 4.79 Å². The van der Waals surface area contributed by atoms with Crippen LogP contribution in [0, 0.1) is 18.3 Å². The first kappa shape index (κ1) is 18.1. The molecule has 0 bridgehead atoms. The summed E-state index contributed by atoms with van der Waals surface area (Å²) in [5.74, 6) is -0.277. The van der Waals surface area contributed by atoms with E-state index in [9.17, 15) is 14.9 Å². The van der Waals surface area contributed by atoms with E-state index in [1.165, 1.54) is 7.05 Å². The lowest BCUT2D eigenvalue weighted by Crippen LogP contribution is -2.22. The number of hydrogen-bond donors (Lipinski definition) is 0. The highest BCUT2D eigenvalue weighted by molar-refractivity contribution is 8.18. The summed E-state index contributed by atoms with van der Waals surface area (Å²) in [5.41, 5.74) is 4.51. The third-order valence-electron chi connectivity index (χ3n) is 5.01. The molecule has 5 nitrogen and oxygen atoms in total. The van der Waals surface area contributed by atoms with E-state index in [2.05, 4.69) is 10.6 Å². The topological polar surface area (TPSA) is 66.1 Å². The summed E-state index contributed by atoms with van der Waals surface area (Å²) in [4.78, 5) is 25.7. The number of amides is 2. The van der Waals surface area contributed by atoms with Gasteiger partial charge < -0.3 is 4.57 Å². The van der Waals surface area contributed by atoms with Gasteiger partial charge in [0.25, 0.3) is 11.1 Å². The number of carbonyl (C=O) groups excluding carboxylic acids is 2. The zero-order chi connectivity index (χ0) is 19.8. The Hall–Kier alpha value is -3.30. The summed E-state index contributed by atoms with van der Waals surface area (Å²) in [5, 5.41) is 10.2. The minimum absolute atomic E-state index is 0.263. The third kappa shape index (κ3) is 2.90. The van der Waals surface area contributed by atoms with Crippen LogP contribution in [0.1, 0.15) is 22.4 Å². The number of hydrogen-bond acceptors (Lipinski definition) is 4. The molecule has 1 saturated heterocycles. The molecule has 0 saturated carbocycles. The van der Waals surface area contributed by atoms with Gasteiger partial charge >= 0.3 is 0 Å². The lowest BCUT2D eigenvalue weighted by atomic mass is 10.1. The number of benzene rings is 2. The van der Waals surface area contributed by atoms with E-state index >= 15 is 0 Å². The van der Waals surface area contributed by atoms with Crippen LogP contribution in [0.3, 0.4) is 0 Å². The molecule has 0 aliphatic carbocycles. The molecule has 1 aromatic heterocycles. The van der Waals surface area contributed by atoms with E-state index in [0.717, 1.165) is 44.4 Å². The Kier molecular flexibility index (Phi) is 4.54. The van der Waals surface area contributed by atoms with E-state index < -0.39 is 0 Å². The van der Waals surface area contributed by atoms with Crippen LogP contribution in [-0.4, -0.2) is 27.7 Å². The SMILES string of the molecule is Cc1c(/C=C2\SC(=O)N(C)C2=O)c2ccccc2n1Cc1ccccc1C#N. The fourth-order valence-electron chi connectivity index (χ4n) is 3.46. The predicted molar refractivity (Wildman–Crippen MR) is 111 cm³/mol. The summed E-state index contributed by atoms with van der Waals surface area (Å²) in [6.45, 7) is 2.55. The Morgan fingerprint density at radius 2 is 1.82 bits per heavy atom. The van der Waals surface area contributed by atoms with Crippen LogP contribution in [0.2, 0.25) is 0 Å². The van der Waals surface area contributed by atoms with Crippen LogP contribution in [-0.2, 0) is 11.3 Å². The number of carbonyl (C=O) groups is 2. The molecule has 0 N–H and O–H groups in total. The molecule has 0 unspecified atom stereocenters. The summed E-state index contributed by atoms with van der Waals surface area (Å²) in [6, 6.07) is 17.8. The number of thioether (sulfide) groups is 1. The molecular formula is C22H17N3O2S. The van der Waals surface area contributed by atoms with Crippen molar-refractivity contribution >= 4 is 39.9 Å². The van der Waals surface area contributed by atoms with E-state index in [-0.39, 0.29) is 11.1 Å². The van der Waals surface area contributed by atoms with Crippen LogP contribution >= 0.6 is 11.8 Å². The Bertz CT molecular complexity index is 1200. The molecule has 28 heavy (non-hydrogen) atoms. The minimum Gasteiger partial charge on any atom is -0.340 e. The van der Waals surface area contributed by atoms with Crippen molar-refractivity contribution < 1.29 is 9.59 Å². The first-order valence-corrected chi connectivity index (χ1v) is 9.60. The molecule has 2 heterocycles. The minimum atomic E-state index is -0.277. The Morgan fingerprint density at radius 3 is 2.54 bits per heavy atom. The van der Waals surface area contributed by atoms with Crippen molar-refractivity contribution in [1.29, 1.82) is 5.26 Å². The van der Waals surface area contributed by atoms with Gasteiger partial charge in [0.15, 0.2) is 0 Å². The molecule has 2 amide bonds. The highest BCUT2D eigenvalue weighted by Crippen LogP contribution is 2.35. The summed E-state index contributed by atoms with van der Waals surface area (Å²) in [6.07, 6.45) is 1.80. The van der Waals surface area contributed by atoms with Crippen molar-refractivity contribution in [2.24, 2.45) is 0 Å². The molecule has 6 heteroatoms. The predicted octanol–water partition coefficient (Wildman–Crippen LogP) is 4.54. The Morgan fingerprint density at radius 1 is 1.11 bits per heavy atom. The number of para-hydroxylation sites is 1. The molecule has 4 rings (SSSR count). The molecule has 138 valence electrons. The fourth-order valence-corrected chi connectivity index (χ4v) is 4.27. The van der Waals surface area contributed by atoms with Gasteiger partial charge in [-0.25, -0.2) is 0 Å². The fraction of sp³-hybridized carbons (Fsp3) is 0.136. The molecule has 1 aliphatic heterocycles. The van der Waals surface area contributed by atoms with Crippen LogP contribution in [0.15, 0.2) is 53.4 Å². The molecule has 0 radical (unpaired) electrons. The smallest absolute Gasteiger partial charge is 0.293 e. The monoisotopic (exact) mass is 387 g/mol. The average molecular weight is 387 g/mol. The van der Waals surface area contributed by atoms with Crippen molar-refractivity contribution in [2.45, 2.75) is 13.5 Å². The molecule has 3 aromatic rings. The number of likely N-dealkylation sites (N-methyl/N-ethyl adjacent to an activating group) is 1. The number of nitriles is 1. The average Bonchev–Trinajstić information content (AvgIpc) is 3.11. The van der Waals surface area contributed by atoms with Gasteiger partial charge in [0, 0.05) is 35.8 Å². The van der Waals surface area contributed by atoms with Gasteiger partial charge in [-0.3, -0.25) is 14.5 Å². The number of rotatable bonds is 3. The van der Waals surface area contributed by atoms with Crippen molar-refractivity contribution in [3.05, 3.63) is 75.8 Å². The van der Waals surface area contributed by atoms with Crippen molar-refractivity contribution in [3.8, 4) is 6.07 Å². The van der Waals surface area contributed by atoms with Crippen LogP contribution in [0.25, 0.3) is 17.0 Å². The third-order valence-corrected chi connectivity index (χ3v) is 5.97. The standard InChI is InChI=1S/C22H17N3O2S/c1-14-18(11-20-21(26)24(2)22(27)28-20)17-9-5-6-10-19(17)25(14)13-16-8-4-3-7-15(16)12-23/h3-11H,13H2,1-2H3/b20-11-. The number of nitrogens with zero attached hydrogens (tertiary/aromatic N) is 3. The lowest BCUT2D eigenvalue weighted by molar-refractivity contribution is -0.121. The maximum atomic E-state index is 12.3. The normalized spacial score (nSPS) is 15.6. The second-order valence-corrected chi connectivity index (χ2v) is 7.61. The Labute approximate surface area is 166 Å². The van der Waals surface area contributed by atoms with E-state index in [1.807, 2.05) is 55.5 Å². The summed E-state index contributed by atoms with van der Waals surface area (Å²) < 4.78 is 2.15. The van der Waals surface area contributed by atoms with E-state index in [0.29, 0.717) is 17.0 Å². The van der Waals surface area contributed by atoms with Gasteiger partial charge in [0.05, 0.1) is 16.5 Å². The maximum absolute atomic E-state index is 12.3. The first-order chi connectivity index (χ1) is 13.5. The maximum Gasteiger partial charge on any atom is 0.293 e. The van der Waals surface area contributed by atoms with Gasteiger partial charge in [-0.05, 0) is 42.5 Å². The van der Waals surface area contributed by atoms with Crippen molar-refractivity contribution in [3.63, 3.8) is 0 Å². The number of aromatic nitrogens is 1. The molecule has 0 spiro atoms. The van der Waals surface area contributed by atoms with Crippen LogP contribution < -0.4 is 0 Å². The second kappa shape index (κ2) is 7.02. The van der Waals surface area contributed by atoms with E-state index in [1.54, 1.807) is 6.08 Å². The van der Waals surface area contributed by atoms with Gasteiger partial charge in [-0.2, -0.15) is 5.26 Å². The zero-order valence-electron chi connectivity index (χ0n) is 15.5. The highest BCUT2D eigenvalue weighted by atomic mass is 32.2. The van der Waals surface area contributed by atoms with E-state index in [4.69, 9.17) is 0 Å². The van der Waals surface area contributed by atoms with Crippen LogP contribution in [0.5, 0.6) is 0 Å². The quantitative estimate of drug-likeness (QED) is 0.619.